The molecule has 0 radical (unpaired) electrons. The summed E-state index contributed by atoms with van der Waals surface area (Å²) in [6.07, 6.45) is 5.57. The molecule has 0 saturated heterocycles. The van der Waals surface area contributed by atoms with Crippen molar-refractivity contribution in [3.8, 4) is 0 Å². The van der Waals surface area contributed by atoms with E-state index in [2.05, 4.69) is 5.32 Å². The third-order valence-electron chi connectivity index (χ3n) is 9.32. The predicted molar refractivity (Wildman–Crippen MR) is 205 cm³/mol. The smallest absolute Gasteiger partial charge is 0.337 e. The predicted octanol–water partition coefficient (Wildman–Crippen LogP) is 7.23. The molecule has 3 aromatic carbocycles. The number of aryl methyl sites for hydroxylation is 3. The molecule has 0 unspecified atom stereocenters. The van der Waals surface area contributed by atoms with Crippen LogP contribution in [0.3, 0.4) is 0 Å². The molecule has 0 atom stereocenters. The van der Waals surface area contributed by atoms with Crippen molar-refractivity contribution in [2.24, 2.45) is 0 Å². The van der Waals surface area contributed by atoms with Gasteiger partial charge in [0.2, 0.25) is 10.0 Å². The number of carbonyl (C=O) groups is 4. The average molecular weight is 759 g/mol. The molecule has 12 heteroatoms. The van der Waals surface area contributed by atoms with Gasteiger partial charge in [-0.05, 0) is 105 Å². The van der Waals surface area contributed by atoms with E-state index in [4.69, 9.17) is 9.47 Å². The molecule has 1 amide bonds. The molecule has 5 rings (SSSR count). The average Bonchev–Trinajstić information content (AvgIpc) is 3.54. The fourth-order valence-electron chi connectivity index (χ4n) is 6.48. The van der Waals surface area contributed by atoms with Crippen molar-refractivity contribution >= 4 is 50.7 Å². The Morgan fingerprint density at radius 2 is 1.55 bits per heavy atom. The highest BCUT2D eigenvalue weighted by Crippen LogP contribution is 2.36. The first-order valence-corrected chi connectivity index (χ1v) is 20.3. The Kier molecular flexibility index (Phi) is 13.7. The van der Waals surface area contributed by atoms with Gasteiger partial charge in [0.15, 0.2) is 5.78 Å². The number of Topliss-reactive ketones (excluding diaryl/α,β-unsaturated/α-hetero) is 1. The van der Waals surface area contributed by atoms with Gasteiger partial charge >= 0.3 is 11.9 Å². The van der Waals surface area contributed by atoms with E-state index in [9.17, 15) is 27.6 Å². The van der Waals surface area contributed by atoms with Crippen LogP contribution in [0.1, 0.15) is 97.0 Å². The molecule has 0 fully saturated rings. The van der Waals surface area contributed by atoms with E-state index >= 15 is 0 Å². The number of sulfonamides is 1. The molecule has 0 bridgehead atoms. The maximum Gasteiger partial charge on any atom is 0.337 e. The molecule has 1 aromatic heterocycles. The Labute approximate surface area is 315 Å². The zero-order valence-electron chi connectivity index (χ0n) is 30.4. The number of amides is 1. The molecular formula is C41H46N2O8S2. The number of nitrogens with one attached hydrogen (secondary N) is 1. The maximum absolute atomic E-state index is 13.9. The standard InChI is InChI=1S/C41H46N2O8S2/c1-4-43(25-9-14-38(45)51-5-2)53(48,49)33-11-8-10-31(26-33)35(44)27-37-39(34-12-6-7-13-36(34)52-37)40(46)42-32-23-19-29(20-24-32)16-15-28-17-21-30(22-18-28)41(47)50-3/h8,10-11,17-24,26H,4-7,9,12-16,25,27H2,1-3H3,(H,42,46). The molecule has 10 nitrogen and oxygen atoms in total. The lowest BCUT2D eigenvalue weighted by Gasteiger charge is -2.20. The van der Waals surface area contributed by atoms with Crippen molar-refractivity contribution in [3.05, 3.63) is 116 Å². The molecule has 1 aliphatic rings. The second kappa shape index (κ2) is 18.4. The summed E-state index contributed by atoms with van der Waals surface area (Å²) in [6.45, 7) is 4.07. The molecule has 0 spiro atoms. The minimum Gasteiger partial charge on any atom is -0.466 e. The lowest BCUT2D eigenvalue weighted by Crippen LogP contribution is -2.32. The van der Waals surface area contributed by atoms with Gasteiger partial charge in [0, 0.05) is 46.9 Å². The van der Waals surface area contributed by atoms with Crippen LogP contribution in [0.5, 0.6) is 0 Å². The quantitative estimate of drug-likeness (QED) is 0.0881. The van der Waals surface area contributed by atoms with Crippen LogP contribution in [-0.2, 0) is 56.4 Å². The van der Waals surface area contributed by atoms with Crippen LogP contribution in [-0.4, -0.2) is 63.2 Å². The number of carbonyl (C=O) groups excluding carboxylic acids is 4. The van der Waals surface area contributed by atoms with Gasteiger partial charge in [-0.3, -0.25) is 14.4 Å². The largest absolute Gasteiger partial charge is 0.466 e. The molecule has 0 aliphatic heterocycles. The Morgan fingerprint density at radius 3 is 2.21 bits per heavy atom. The van der Waals surface area contributed by atoms with Gasteiger partial charge in [-0.1, -0.05) is 43.3 Å². The van der Waals surface area contributed by atoms with Gasteiger partial charge in [-0.2, -0.15) is 4.31 Å². The van der Waals surface area contributed by atoms with E-state index in [0.717, 1.165) is 60.1 Å². The number of methoxy groups -OCH3 is 1. The summed E-state index contributed by atoms with van der Waals surface area (Å²) in [7, 11) is -2.56. The number of rotatable bonds is 17. The summed E-state index contributed by atoms with van der Waals surface area (Å²) in [4.78, 5) is 52.9. The minimum atomic E-state index is -3.92. The van der Waals surface area contributed by atoms with E-state index in [0.29, 0.717) is 28.1 Å². The number of nitrogens with zero attached hydrogens (tertiary/aromatic N) is 1. The summed E-state index contributed by atoms with van der Waals surface area (Å²) in [5.74, 6) is -1.27. The number of benzene rings is 3. The maximum atomic E-state index is 13.9. The Hall–Kier alpha value is -4.65. The van der Waals surface area contributed by atoms with E-state index in [1.54, 1.807) is 38.1 Å². The lowest BCUT2D eigenvalue weighted by molar-refractivity contribution is -0.143. The third-order valence-corrected chi connectivity index (χ3v) is 12.6. The minimum absolute atomic E-state index is 0.00435. The number of hydrogen-bond donors (Lipinski definition) is 1. The van der Waals surface area contributed by atoms with Crippen LogP contribution in [0.2, 0.25) is 0 Å². The fourth-order valence-corrected chi connectivity index (χ4v) is 9.41. The second-order valence-electron chi connectivity index (χ2n) is 12.9. The van der Waals surface area contributed by atoms with Crippen molar-refractivity contribution in [3.63, 3.8) is 0 Å². The number of anilines is 1. The summed E-state index contributed by atoms with van der Waals surface area (Å²) in [5.41, 5.74) is 5.14. The van der Waals surface area contributed by atoms with Crippen molar-refractivity contribution in [1.82, 2.24) is 4.31 Å². The van der Waals surface area contributed by atoms with Gasteiger partial charge in [0.05, 0.1) is 29.7 Å². The summed E-state index contributed by atoms with van der Waals surface area (Å²) in [5, 5.41) is 3.05. The summed E-state index contributed by atoms with van der Waals surface area (Å²) in [6, 6.07) is 21.1. The van der Waals surface area contributed by atoms with Crippen LogP contribution in [0.4, 0.5) is 5.69 Å². The first kappa shape index (κ1) is 39.6. The zero-order valence-corrected chi connectivity index (χ0v) is 32.1. The lowest BCUT2D eigenvalue weighted by atomic mass is 9.93. The van der Waals surface area contributed by atoms with Crippen LogP contribution >= 0.6 is 11.3 Å². The van der Waals surface area contributed by atoms with Crippen molar-refractivity contribution in [2.75, 3.05) is 32.1 Å². The van der Waals surface area contributed by atoms with Crippen LogP contribution in [0.25, 0.3) is 0 Å². The van der Waals surface area contributed by atoms with E-state index in [1.807, 2.05) is 36.4 Å². The van der Waals surface area contributed by atoms with Gasteiger partial charge < -0.3 is 14.8 Å². The van der Waals surface area contributed by atoms with Crippen LogP contribution in [0, 0.1) is 0 Å². The summed E-state index contributed by atoms with van der Waals surface area (Å²) < 4.78 is 38.1. The fraction of sp³-hybridized carbons (Fsp3) is 0.366. The van der Waals surface area contributed by atoms with Crippen LogP contribution < -0.4 is 5.32 Å². The number of hydrogen-bond acceptors (Lipinski definition) is 9. The number of fused-ring (bicyclic) bond motifs is 1. The molecule has 1 heterocycles. The number of ketones is 1. The van der Waals surface area contributed by atoms with Gasteiger partial charge in [-0.25, -0.2) is 13.2 Å². The number of thiophene rings is 1. The molecule has 53 heavy (non-hydrogen) atoms. The van der Waals surface area contributed by atoms with E-state index in [-0.39, 0.29) is 66.6 Å². The number of esters is 2. The zero-order chi connectivity index (χ0) is 38.0. The SMILES string of the molecule is CCOC(=O)CCCN(CC)S(=O)(=O)c1cccc(C(=O)Cc2sc3c(c2C(=O)Nc2ccc(CCc4ccc(C(=O)OC)cc4)cc2)CCCC3)c1. The monoisotopic (exact) mass is 758 g/mol. The molecular weight excluding hydrogens is 713 g/mol. The van der Waals surface area contributed by atoms with Crippen molar-refractivity contribution in [2.45, 2.75) is 76.5 Å². The van der Waals surface area contributed by atoms with Gasteiger partial charge in [0.1, 0.15) is 0 Å². The third kappa shape index (κ3) is 10.1. The van der Waals surface area contributed by atoms with Crippen molar-refractivity contribution < 1.29 is 37.1 Å². The Balaban J connectivity index is 1.26. The Morgan fingerprint density at radius 1 is 0.868 bits per heavy atom. The number of ether oxygens (including phenoxy) is 2. The van der Waals surface area contributed by atoms with Crippen LogP contribution in [0.15, 0.2) is 77.7 Å². The van der Waals surface area contributed by atoms with E-state index < -0.39 is 10.0 Å². The molecule has 0 saturated carbocycles. The topological polar surface area (TPSA) is 136 Å². The van der Waals surface area contributed by atoms with Gasteiger partial charge in [-0.15, -0.1) is 11.3 Å². The highest BCUT2D eigenvalue weighted by atomic mass is 32.2. The molecule has 1 aliphatic carbocycles. The normalized spacial score (nSPS) is 12.6. The first-order valence-electron chi connectivity index (χ1n) is 18.0. The van der Waals surface area contributed by atoms with Gasteiger partial charge in [0.25, 0.3) is 5.91 Å². The summed E-state index contributed by atoms with van der Waals surface area (Å²) >= 11 is 1.50. The molecule has 280 valence electrons. The van der Waals surface area contributed by atoms with Crippen molar-refractivity contribution in [1.29, 1.82) is 0 Å². The Bertz CT molecular complexity index is 2040. The van der Waals surface area contributed by atoms with E-state index in [1.165, 1.54) is 34.9 Å². The highest BCUT2D eigenvalue weighted by molar-refractivity contribution is 7.89. The highest BCUT2D eigenvalue weighted by Gasteiger charge is 2.28. The first-order chi connectivity index (χ1) is 25.5. The molecule has 1 N–H and O–H groups in total. The second-order valence-corrected chi connectivity index (χ2v) is 16.0. The molecule has 4 aromatic rings.